The first-order valence-corrected chi connectivity index (χ1v) is 7.13. The lowest BCUT2D eigenvalue weighted by Crippen LogP contribution is -2.40. The summed E-state index contributed by atoms with van der Waals surface area (Å²) in [6.45, 7) is 0.464. The Labute approximate surface area is 130 Å². The van der Waals surface area contributed by atoms with E-state index in [9.17, 15) is 27.9 Å². The molecule has 1 amide bonds. The molecule has 3 rings (SSSR count). The lowest BCUT2D eigenvalue weighted by atomic mass is 9.81. The third-order valence-electron chi connectivity index (χ3n) is 4.59. The van der Waals surface area contributed by atoms with Crippen molar-refractivity contribution in [2.45, 2.75) is 12.7 Å². The topological polar surface area (TPSA) is 69.6 Å². The van der Waals surface area contributed by atoms with E-state index in [1.54, 1.807) is 0 Å². The largest absolute Gasteiger partial charge is 0.481 e. The molecule has 2 aliphatic rings. The maximum atomic E-state index is 12.7. The molecule has 0 spiro atoms. The van der Waals surface area contributed by atoms with E-state index in [4.69, 9.17) is 0 Å². The van der Waals surface area contributed by atoms with Gasteiger partial charge in [-0.25, -0.2) is 0 Å². The van der Waals surface area contributed by atoms with Crippen LogP contribution in [0.5, 0.6) is 0 Å². The van der Waals surface area contributed by atoms with Gasteiger partial charge in [-0.1, -0.05) is 12.1 Å². The summed E-state index contributed by atoms with van der Waals surface area (Å²) in [4.78, 5) is 25.3. The molecule has 2 N–H and O–H groups in total. The predicted molar refractivity (Wildman–Crippen MR) is 73.3 cm³/mol. The number of carbonyl (C=O) groups excluding carboxylic acids is 1. The number of halogens is 3. The van der Waals surface area contributed by atoms with Crippen molar-refractivity contribution in [1.82, 2.24) is 10.2 Å². The zero-order chi connectivity index (χ0) is 16.8. The van der Waals surface area contributed by atoms with Crippen LogP contribution < -0.4 is 5.32 Å². The van der Waals surface area contributed by atoms with E-state index in [0.29, 0.717) is 5.56 Å². The monoisotopic (exact) mass is 328 g/mol. The molecule has 0 radical (unpaired) electrons. The number of amides is 1. The first-order chi connectivity index (χ1) is 10.7. The lowest BCUT2D eigenvalue weighted by Gasteiger charge is -2.22. The number of nitrogens with one attached hydrogen (secondary N) is 1. The molecule has 1 aromatic rings. The Morgan fingerprint density at radius 2 is 2.17 bits per heavy atom. The van der Waals surface area contributed by atoms with Crippen molar-refractivity contribution in [2.24, 2.45) is 11.3 Å². The summed E-state index contributed by atoms with van der Waals surface area (Å²) in [5, 5.41) is 12.4. The quantitative estimate of drug-likeness (QED) is 0.878. The fraction of sp³-hybridized carbons (Fsp3) is 0.467. The number of hydrogen-bond acceptors (Lipinski definition) is 3. The molecule has 0 unspecified atom stereocenters. The molecule has 2 fully saturated rings. The highest BCUT2D eigenvalue weighted by atomic mass is 19.4. The first kappa shape index (κ1) is 15.8. The summed E-state index contributed by atoms with van der Waals surface area (Å²) in [7, 11) is 0. The van der Waals surface area contributed by atoms with Gasteiger partial charge in [0.2, 0.25) is 5.91 Å². The summed E-state index contributed by atoms with van der Waals surface area (Å²) < 4.78 is 38.2. The highest BCUT2D eigenvalue weighted by Crippen LogP contribution is 2.41. The standard InChI is InChI=1S/C15H15F3N2O3/c16-15(17,18)10-3-1-2-9(4-10)6-20-8-14(13(22)23)7-19-5-11(14)12(20)21/h1-4,11,19H,5-8H2,(H,22,23)/t11-,14-/m0/s1. The van der Waals surface area contributed by atoms with Gasteiger partial charge in [-0.3, -0.25) is 9.59 Å². The number of benzene rings is 1. The lowest BCUT2D eigenvalue weighted by molar-refractivity contribution is -0.149. The first-order valence-electron chi connectivity index (χ1n) is 7.13. The van der Waals surface area contributed by atoms with E-state index in [2.05, 4.69) is 5.32 Å². The third kappa shape index (κ3) is 2.56. The second-order valence-corrected chi connectivity index (χ2v) is 6.04. The van der Waals surface area contributed by atoms with Crippen molar-refractivity contribution >= 4 is 11.9 Å². The maximum Gasteiger partial charge on any atom is 0.416 e. The molecule has 0 aliphatic carbocycles. The molecule has 8 heteroatoms. The molecule has 2 saturated heterocycles. The Balaban J connectivity index is 1.82. The summed E-state index contributed by atoms with van der Waals surface area (Å²) in [5.41, 5.74) is -1.63. The summed E-state index contributed by atoms with van der Waals surface area (Å²) in [5.74, 6) is -2.03. The fourth-order valence-electron chi connectivity index (χ4n) is 3.38. The Hall–Kier alpha value is -2.09. The molecule has 0 saturated carbocycles. The molecular formula is C15H15F3N2O3. The number of alkyl halides is 3. The molecule has 2 aliphatic heterocycles. The van der Waals surface area contributed by atoms with Gasteiger partial charge in [0.05, 0.1) is 11.5 Å². The molecule has 2 heterocycles. The smallest absolute Gasteiger partial charge is 0.416 e. The van der Waals surface area contributed by atoms with Crippen LogP contribution >= 0.6 is 0 Å². The highest BCUT2D eigenvalue weighted by molar-refractivity contribution is 5.92. The minimum Gasteiger partial charge on any atom is -0.481 e. The van der Waals surface area contributed by atoms with E-state index in [1.807, 2.05) is 0 Å². The van der Waals surface area contributed by atoms with Crippen LogP contribution in [0, 0.1) is 11.3 Å². The number of fused-ring (bicyclic) bond motifs is 1. The molecule has 2 atom stereocenters. The van der Waals surface area contributed by atoms with Crippen molar-refractivity contribution in [3.05, 3.63) is 35.4 Å². The average Bonchev–Trinajstić information content (AvgIpc) is 2.99. The Bertz CT molecular complexity index is 662. The van der Waals surface area contributed by atoms with E-state index in [-0.39, 0.29) is 32.1 Å². The molecule has 1 aromatic carbocycles. The van der Waals surface area contributed by atoms with Crippen molar-refractivity contribution < 1.29 is 27.9 Å². The molecule has 0 bridgehead atoms. The average molecular weight is 328 g/mol. The third-order valence-corrected chi connectivity index (χ3v) is 4.59. The SMILES string of the molecule is O=C1[C@@H]2CNC[C@]2(C(=O)O)CN1Cc1cccc(C(F)(F)F)c1. The number of likely N-dealkylation sites (tertiary alicyclic amines) is 1. The van der Waals surface area contributed by atoms with Crippen LogP contribution in [0.1, 0.15) is 11.1 Å². The number of carboxylic acids is 1. The number of carboxylic acid groups (broad SMARTS) is 1. The van der Waals surface area contributed by atoms with Crippen molar-refractivity contribution in [3.63, 3.8) is 0 Å². The molecule has 124 valence electrons. The van der Waals surface area contributed by atoms with Gasteiger partial charge in [-0.05, 0) is 17.7 Å². The molecule has 5 nitrogen and oxygen atoms in total. The minimum absolute atomic E-state index is 0.00901. The number of aliphatic carboxylic acids is 1. The van der Waals surface area contributed by atoms with Crippen LogP contribution in [0.25, 0.3) is 0 Å². The zero-order valence-electron chi connectivity index (χ0n) is 12.1. The number of rotatable bonds is 3. The van der Waals surface area contributed by atoms with E-state index < -0.39 is 29.0 Å². The second-order valence-electron chi connectivity index (χ2n) is 6.04. The van der Waals surface area contributed by atoms with Crippen LogP contribution in [-0.2, 0) is 22.3 Å². The van der Waals surface area contributed by atoms with Gasteiger partial charge in [-0.2, -0.15) is 13.2 Å². The van der Waals surface area contributed by atoms with Crippen LogP contribution in [0.2, 0.25) is 0 Å². The van der Waals surface area contributed by atoms with Crippen molar-refractivity contribution in [1.29, 1.82) is 0 Å². The number of hydrogen-bond donors (Lipinski definition) is 2. The van der Waals surface area contributed by atoms with Crippen molar-refractivity contribution in [2.75, 3.05) is 19.6 Å². The minimum atomic E-state index is -4.45. The van der Waals surface area contributed by atoms with E-state index >= 15 is 0 Å². The Morgan fingerprint density at radius 3 is 2.78 bits per heavy atom. The number of carbonyl (C=O) groups is 2. The Morgan fingerprint density at radius 1 is 1.43 bits per heavy atom. The molecule has 0 aromatic heterocycles. The summed E-state index contributed by atoms with van der Waals surface area (Å²) in [6, 6.07) is 4.75. The summed E-state index contributed by atoms with van der Waals surface area (Å²) >= 11 is 0. The second kappa shape index (κ2) is 5.23. The van der Waals surface area contributed by atoms with Crippen molar-refractivity contribution in [3.8, 4) is 0 Å². The van der Waals surface area contributed by atoms with Gasteiger partial charge in [0.25, 0.3) is 0 Å². The van der Waals surface area contributed by atoms with Crippen LogP contribution in [-0.4, -0.2) is 41.5 Å². The predicted octanol–water partition coefficient (Wildman–Crippen LogP) is 1.34. The van der Waals surface area contributed by atoms with Crippen LogP contribution in [0.4, 0.5) is 13.2 Å². The molecule has 23 heavy (non-hydrogen) atoms. The zero-order valence-corrected chi connectivity index (χ0v) is 12.1. The van der Waals surface area contributed by atoms with E-state index in [1.165, 1.54) is 17.0 Å². The highest BCUT2D eigenvalue weighted by Gasteiger charge is 2.59. The van der Waals surface area contributed by atoms with Gasteiger partial charge in [0, 0.05) is 26.2 Å². The fourth-order valence-corrected chi connectivity index (χ4v) is 3.38. The Kier molecular flexibility index (Phi) is 3.59. The van der Waals surface area contributed by atoms with Gasteiger partial charge in [0.15, 0.2) is 0 Å². The van der Waals surface area contributed by atoms with E-state index in [0.717, 1.165) is 12.1 Å². The number of nitrogens with zero attached hydrogens (tertiary/aromatic N) is 1. The van der Waals surface area contributed by atoms with Crippen LogP contribution in [0.15, 0.2) is 24.3 Å². The normalized spacial score (nSPS) is 27.3. The van der Waals surface area contributed by atoms with Gasteiger partial charge in [0.1, 0.15) is 5.41 Å². The van der Waals surface area contributed by atoms with Gasteiger partial charge >= 0.3 is 12.1 Å². The van der Waals surface area contributed by atoms with Gasteiger partial charge < -0.3 is 15.3 Å². The molecular weight excluding hydrogens is 313 g/mol. The summed E-state index contributed by atoms with van der Waals surface area (Å²) in [6.07, 6.45) is -4.45. The maximum absolute atomic E-state index is 12.7. The van der Waals surface area contributed by atoms with Crippen LogP contribution in [0.3, 0.4) is 0 Å². The van der Waals surface area contributed by atoms with Gasteiger partial charge in [-0.15, -0.1) is 0 Å².